The highest BCUT2D eigenvalue weighted by Crippen LogP contribution is 2.19. The SMILES string of the molecule is CCC(CSC)NC(=O)c1cc([N+](=O)[O-])cnc1Cl. The summed E-state index contributed by atoms with van der Waals surface area (Å²) < 4.78 is 0. The summed E-state index contributed by atoms with van der Waals surface area (Å²) in [4.78, 5) is 25.7. The Morgan fingerprint density at radius 3 is 2.89 bits per heavy atom. The van der Waals surface area contributed by atoms with Gasteiger partial charge in [-0.3, -0.25) is 14.9 Å². The maximum absolute atomic E-state index is 12.0. The molecule has 0 saturated carbocycles. The highest BCUT2D eigenvalue weighted by atomic mass is 35.5. The van der Waals surface area contributed by atoms with Crippen LogP contribution in [0.4, 0.5) is 5.69 Å². The van der Waals surface area contributed by atoms with Gasteiger partial charge in [-0.2, -0.15) is 11.8 Å². The lowest BCUT2D eigenvalue weighted by Gasteiger charge is -2.15. The highest BCUT2D eigenvalue weighted by Gasteiger charge is 2.19. The fourth-order valence-corrected chi connectivity index (χ4v) is 2.33. The molecule has 104 valence electrons. The number of nitrogens with zero attached hydrogens (tertiary/aromatic N) is 2. The zero-order chi connectivity index (χ0) is 14.4. The fourth-order valence-electron chi connectivity index (χ4n) is 1.42. The van der Waals surface area contributed by atoms with Crippen LogP contribution in [0.1, 0.15) is 23.7 Å². The largest absolute Gasteiger partial charge is 0.348 e. The number of halogens is 1. The molecule has 0 bridgehead atoms. The van der Waals surface area contributed by atoms with E-state index in [2.05, 4.69) is 10.3 Å². The second-order valence-electron chi connectivity index (χ2n) is 3.82. The van der Waals surface area contributed by atoms with Crippen LogP contribution in [-0.4, -0.2) is 33.9 Å². The molecule has 1 unspecified atom stereocenters. The summed E-state index contributed by atoms with van der Waals surface area (Å²) in [7, 11) is 0. The molecular weight excluding hydrogens is 290 g/mol. The average molecular weight is 304 g/mol. The number of nitrogens with one attached hydrogen (secondary N) is 1. The Morgan fingerprint density at radius 2 is 2.37 bits per heavy atom. The van der Waals surface area contributed by atoms with Gasteiger partial charge in [-0.25, -0.2) is 4.98 Å². The summed E-state index contributed by atoms with van der Waals surface area (Å²) >= 11 is 7.41. The van der Waals surface area contributed by atoms with Crippen LogP contribution >= 0.6 is 23.4 Å². The number of hydrogen-bond acceptors (Lipinski definition) is 5. The van der Waals surface area contributed by atoms with E-state index in [1.54, 1.807) is 11.8 Å². The molecule has 19 heavy (non-hydrogen) atoms. The third-order valence-corrected chi connectivity index (χ3v) is 3.51. The van der Waals surface area contributed by atoms with Crippen LogP contribution in [0.5, 0.6) is 0 Å². The molecule has 1 heterocycles. The van der Waals surface area contributed by atoms with Crippen LogP contribution in [0.3, 0.4) is 0 Å². The van der Waals surface area contributed by atoms with Gasteiger partial charge >= 0.3 is 0 Å². The number of aromatic nitrogens is 1. The van der Waals surface area contributed by atoms with Crippen LogP contribution in [0.15, 0.2) is 12.3 Å². The molecule has 1 aromatic heterocycles. The number of carbonyl (C=O) groups is 1. The van der Waals surface area contributed by atoms with E-state index in [0.29, 0.717) is 0 Å². The third kappa shape index (κ3) is 4.36. The zero-order valence-electron chi connectivity index (χ0n) is 10.6. The van der Waals surface area contributed by atoms with Gasteiger partial charge in [0.15, 0.2) is 0 Å². The summed E-state index contributed by atoms with van der Waals surface area (Å²) in [5.41, 5.74) is -0.233. The Hall–Kier alpha value is -1.34. The predicted molar refractivity (Wildman–Crippen MR) is 75.8 cm³/mol. The van der Waals surface area contributed by atoms with Gasteiger partial charge in [0, 0.05) is 17.9 Å². The zero-order valence-corrected chi connectivity index (χ0v) is 12.1. The first kappa shape index (κ1) is 15.7. The first-order valence-corrected chi connectivity index (χ1v) is 7.36. The van der Waals surface area contributed by atoms with E-state index >= 15 is 0 Å². The van der Waals surface area contributed by atoms with Crippen molar-refractivity contribution < 1.29 is 9.72 Å². The molecule has 0 aliphatic carbocycles. The summed E-state index contributed by atoms with van der Waals surface area (Å²) in [6.45, 7) is 1.95. The van der Waals surface area contributed by atoms with Gasteiger partial charge in [-0.05, 0) is 12.7 Å². The Morgan fingerprint density at radius 1 is 1.68 bits per heavy atom. The lowest BCUT2D eigenvalue weighted by Crippen LogP contribution is -2.36. The normalized spacial score (nSPS) is 11.9. The summed E-state index contributed by atoms with van der Waals surface area (Å²) in [6.07, 6.45) is 3.74. The van der Waals surface area contributed by atoms with Gasteiger partial charge in [0.1, 0.15) is 11.3 Å². The average Bonchev–Trinajstić information content (AvgIpc) is 2.38. The lowest BCUT2D eigenvalue weighted by molar-refractivity contribution is -0.385. The van der Waals surface area contributed by atoms with E-state index in [4.69, 9.17) is 11.6 Å². The number of rotatable bonds is 6. The maximum Gasteiger partial charge on any atom is 0.288 e. The molecule has 0 spiro atoms. The van der Waals surface area contributed by atoms with E-state index in [0.717, 1.165) is 24.4 Å². The molecule has 6 nitrogen and oxygen atoms in total. The summed E-state index contributed by atoms with van der Waals surface area (Å²) in [5.74, 6) is 0.324. The van der Waals surface area contributed by atoms with Crippen molar-refractivity contribution in [3.05, 3.63) is 33.1 Å². The van der Waals surface area contributed by atoms with Crippen molar-refractivity contribution in [3.63, 3.8) is 0 Å². The van der Waals surface area contributed by atoms with Crippen molar-refractivity contribution in [2.45, 2.75) is 19.4 Å². The van der Waals surface area contributed by atoms with Crippen LogP contribution in [0.2, 0.25) is 5.15 Å². The second-order valence-corrected chi connectivity index (χ2v) is 5.09. The van der Waals surface area contributed by atoms with E-state index in [9.17, 15) is 14.9 Å². The molecule has 1 aromatic rings. The van der Waals surface area contributed by atoms with Gasteiger partial charge < -0.3 is 5.32 Å². The molecule has 8 heteroatoms. The van der Waals surface area contributed by atoms with E-state index in [-0.39, 0.29) is 22.4 Å². The van der Waals surface area contributed by atoms with Gasteiger partial charge in [-0.1, -0.05) is 18.5 Å². The highest BCUT2D eigenvalue weighted by molar-refractivity contribution is 7.98. The van der Waals surface area contributed by atoms with Gasteiger partial charge in [0.2, 0.25) is 0 Å². The first-order chi connectivity index (χ1) is 8.99. The molecule has 0 aliphatic rings. The van der Waals surface area contributed by atoms with E-state index < -0.39 is 10.8 Å². The molecule has 0 aromatic carbocycles. The van der Waals surface area contributed by atoms with Crippen LogP contribution < -0.4 is 5.32 Å². The number of amides is 1. The minimum absolute atomic E-state index is 0.00201. The van der Waals surface area contributed by atoms with Gasteiger partial charge in [0.25, 0.3) is 11.6 Å². The Kier molecular flexibility index (Phi) is 6.04. The first-order valence-electron chi connectivity index (χ1n) is 5.59. The number of nitro groups is 1. The minimum Gasteiger partial charge on any atom is -0.348 e. The Bertz CT molecular complexity index is 484. The second kappa shape index (κ2) is 7.30. The smallest absolute Gasteiger partial charge is 0.288 e. The molecule has 0 aliphatic heterocycles. The Balaban J connectivity index is 2.92. The van der Waals surface area contributed by atoms with Crippen molar-refractivity contribution in [1.29, 1.82) is 0 Å². The van der Waals surface area contributed by atoms with Crippen molar-refractivity contribution in [1.82, 2.24) is 10.3 Å². The van der Waals surface area contributed by atoms with Crippen molar-refractivity contribution in [2.75, 3.05) is 12.0 Å². The number of thioether (sulfide) groups is 1. The molecule has 1 N–H and O–H groups in total. The summed E-state index contributed by atoms with van der Waals surface area (Å²) in [5, 5.41) is 13.4. The lowest BCUT2D eigenvalue weighted by atomic mass is 10.2. The molecule has 0 saturated heterocycles. The van der Waals surface area contributed by atoms with E-state index in [1.807, 2.05) is 13.2 Å². The van der Waals surface area contributed by atoms with Crippen molar-refractivity contribution in [2.24, 2.45) is 0 Å². The molecule has 1 amide bonds. The number of pyridine rings is 1. The van der Waals surface area contributed by atoms with Crippen molar-refractivity contribution in [3.8, 4) is 0 Å². The predicted octanol–water partition coefficient (Wildman–Crippen LogP) is 2.51. The van der Waals surface area contributed by atoms with Gasteiger partial charge in [0.05, 0.1) is 10.5 Å². The molecule has 1 atom stereocenters. The molecular formula is C11H14ClN3O3S. The quantitative estimate of drug-likeness (QED) is 0.496. The Labute approximate surface area is 120 Å². The van der Waals surface area contributed by atoms with Gasteiger partial charge in [-0.15, -0.1) is 0 Å². The number of hydrogen-bond donors (Lipinski definition) is 1. The van der Waals surface area contributed by atoms with Crippen LogP contribution in [-0.2, 0) is 0 Å². The van der Waals surface area contributed by atoms with Crippen LogP contribution in [0, 0.1) is 10.1 Å². The number of carbonyl (C=O) groups excluding carboxylic acids is 1. The minimum atomic E-state index is -0.612. The van der Waals surface area contributed by atoms with E-state index in [1.165, 1.54) is 0 Å². The molecule has 1 rings (SSSR count). The standard InChI is InChI=1S/C11H14ClN3O3S/c1-3-7(6-19-2)14-11(16)9-4-8(15(17)18)5-13-10(9)12/h4-5,7H,3,6H2,1-2H3,(H,14,16). The maximum atomic E-state index is 12.0. The third-order valence-electron chi connectivity index (χ3n) is 2.48. The summed E-state index contributed by atoms with van der Waals surface area (Å²) in [6, 6.07) is 1.13. The van der Waals surface area contributed by atoms with Crippen molar-refractivity contribution >= 4 is 35.0 Å². The van der Waals surface area contributed by atoms with Crippen LogP contribution in [0.25, 0.3) is 0 Å². The monoisotopic (exact) mass is 303 g/mol. The molecule has 0 radical (unpaired) electrons. The topological polar surface area (TPSA) is 85.1 Å². The molecule has 0 fully saturated rings. The fraction of sp³-hybridized carbons (Fsp3) is 0.455.